The summed E-state index contributed by atoms with van der Waals surface area (Å²) in [4.78, 5) is 190. The van der Waals surface area contributed by atoms with Crippen molar-refractivity contribution in [3.05, 3.63) is 103 Å². The van der Waals surface area contributed by atoms with Crippen molar-refractivity contribution >= 4 is 105 Å². The molecule has 24 nitrogen and oxygen atoms in total. The molecule has 0 radical (unpaired) electrons. The van der Waals surface area contributed by atoms with Crippen LogP contribution in [0, 0.1) is 22.3 Å². The largest absolute Gasteiger partial charge is 0.417 e. The fourth-order valence-corrected chi connectivity index (χ4v) is 14.2. The number of carbonyl (C=O) groups is 12. The minimum Gasteiger partial charge on any atom is -0.347 e. The smallest absolute Gasteiger partial charge is 0.347 e. The Kier molecular flexibility index (Phi) is 28.9. The van der Waals surface area contributed by atoms with Crippen molar-refractivity contribution in [2.75, 3.05) is 76.5 Å². The number of likely N-dealkylation sites (N-methyl/N-ethyl adjacent to an activating group) is 8. The summed E-state index contributed by atoms with van der Waals surface area (Å²) in [6.07, 6.45) is -4.08. The second-order valence-electron chi connectivity index (χ2n) is 28.1. The summed E-state index contributed by atoms with van der Waals surface area (Å²) in [5, 5.41) is 7.97. The summed E-state index contributed by atoms with van der Waals surface area (Å²) in [5.41, 5.74) is -0.400. The maximum Gasteiger partial charge on any atom is 0.417 e. The number of benzene rings is 3. The van der Waals surface area contributed by atoms with E-state index < -0.39 is 172 Å². The lowest BCUT2D eigenvalue weighted by molar-refractivity contribution is -0.160. The number of fused-ring (bicyclic) bond motifs is 1. The molecule has 3 N–H and O–H groups in total. The molecule has 3 aromatic rings. The number of nitrogens with zero attached hydrogens (tertiary/aromatic N) is 9. The SMILES string of the molecule is CC[C@H](C)[C@@H]1NC(=O)[C@H](C)N(C)C(=O)C[C@@H](C(=O)N(C)C)N(C)C(=O)[C@H]([C@@H](C)CC)N(C)C(=O)C2(CCCC2)NC(=O)[C@H](Cc2cccc(I)c2)N(C)C(=O)[C@H](CCc2ccc(C(F)(F)F)c(Cl)c2)NC(=O)CN(C)C(=O)[C@H](Cc2ccc(C)cc2)N(C)C(=O)[C@@H]2CCN2C(=O)[C@@H](C)N(C)C1=O. The van der Waals surface area contributed by atoms with E-state index in [1.807, 2.05) is 32.0 Å². The number of rotatable bonds is 12. The monoisotopic (exact) mass is 1560 g/mol. The Morgan fingerprint density at radius 2 is 1.26 bits per heavy atom. The van der Waals surface area contributed by atoms with Crippen LogP contribution in [0.5, 0.6) is 0 Å². The van der Waals surface area contributed by atoms with Crippen LogP contribution in [0.3, 0.4) is 0 Å². The van der Waals surface area contributed by atoms with Crippen molar-refractivity contribution in [1.29, 1.82) is 0 Å². The first-order valence-corrected chi connectivity index (χ1v) is 36.1. The molecule has 560 valence electrons. The molecule has 6 rings (SSSR count). The molecular weight excluding hydrogens is 1460 g/mol. The second kappa shape index (κ2) is 35.5. The predicted octanol–water partition coefficient (Wildman–Crippen LogP) is 5.73. The van der Waals surface area contributed by atoms with Gasteiger partial charge in [0, 0.05) is 86.4 Å². The molecule has 3 aromatic carbocycles. The highest BCUT2D eigenvalue weighted by Gasteiger charge is 2.51. The predicted molar refractivity (Wildman–Crippen MR) is 386 cm³/mol. The van der Waals surface area contributed by atoms with Crippen molar-refractivity contribution in [3.63, 3.8) is 0 Å². The minimum absolute atomic E-state index is 0.0633. The maximum atomic E-state index is 15.6. The van der Waals surface area contributed by atoms with Gasteiger partial charge in [0.2, 0.25) is 70.9 Å². The summed E-state index contributed by atoms with van der Waals surface area (Å²) >= 11 is 8.29. The van der Waals surface area contributed by atoms with Gasteiger partial charge in [-0.05, 0) is 128 Å². The number of hydrogen-bond acceptors (Lipinski definition) is 12. The first kappa shape index (κ1) is 83.1. The van der Waals surface area contributed by atoms with Crippen molar-refractivity contribution < 1.29 is 70.7 Å². The number of halogens is 5. The summed E-state index contributed by atoms with van der Waals surface area (Å²) in [6, 6.07) is 5.52. The number of nitrogens with one attached hydrogen (secondary N) is 3. The van der Waals surface area contributed by atoms with E-state index in [0.29, 0.717) is 36.8 Å². The van der Waals surface area contributed by atoms with Gasteiger partial charge in [-0.3, -0.25) is 57.5 Å². The number of aryl methyl sites for hydroxylation is 2. The normalized spacial score (nSPS) is 25.1. The molecule has 2 aliphatic heterocycles. The summed E-state index contributed by atoms with van der Waals surface area (Å²) in [7, 11) is 12.5. The van der Waals surface area contributed by atoms with E-state index >= 15 is 24.0 Å². The van der Waals surface area contributed by atoms with Crippen LogP contribution in [0.25, 0.3) is 0 Å². The van der Waals surface area contributed by atoms with Gasteiger partial charge >= 0.3 is 6.18 Å². The molecule has 2 saturated heterocycles. The highest BCUT2D eigenvalue weighted by molar-refractivity contribution is 14.1. The van der Waals surface area contributed by atoms with Crippen LogP contribution >= 0.6 is 34.2 Å². The van der Waals surface area contributed by atoms with Crippen LogP contribution in [0.15, 0.2) is 66.7 Å². The lowest BCUT2D eigenvalue weighted by Gasteiger charge is -2.45. The Labute approximate surface area is 615 Å². The van der Waals surface area contributed by atoms with Crippen LogP contribution in [0.4, 0.5) is 13.2 Å². The molecular formula is C73H101ClF3IN12O12. The zero-order valence-corrected chi connectivity index (χ0v) is 64.3. The molecule has 1 spiro atoms. The average Bonchev–Trinajstić information content (AvgIpc) is 1.31. The molecule has 3 aliphatic rings. The maximum absolute atomic E-state index is 15.6. The van der Waals surface area contributed by atoms with E-state index in [1.165, 1.54) is 108 Å². The van der Waals surface area contributed by atoms with Gasteiger partial charge < -0.3 is 60.0 Å². The Hall–Kier alpha value is -7.89. The molecule has 12 amide bonds. The molecule has 2 heterocycles. The molecule has 11 atom stereocenters. The number of hydrogen-bond donors (Lipinski definition) is 3. The van der Waals surface area contributed by atoms with Crippen molar-refractivity contribution in [2.45, 2.75) is 192 Å². The lowest BCUT2D eigenvalue weighted by Crippen LogP contribution is -2.65. The Balaban J connectivity index is 1.49. The van der Waals surface area contributed by atoms with Gasteiger partial charge in [0.25, 0.3) is 0 Å². The minimum atomic E-state index is -4.79. The topological polar surface area (TPSA) is 270 Å². The van der Waals surface area contributed by atoms with E-state index in [0.717, 1.165) is 40.9 Å². The van der Waals surface area contributed by atoms with Gasteiger partial charge in [-0.25, -0.2) is 0 Å². The first-order chi connectivity index (χ1) is 47.7. The van der Waals surface area contributed by atoms with E-state index in [2.05, 4.69) is 38.5 Å². The number of amides is 12. The zero-order chi connectivity index (χ0) is 76.3. The van der Waals surface area contributed by atoms with Gasteiger partial charge in [0.1, 0.15) is 59.9 Å². The van der Waals surface area contributed by atoms with Crippen LogP contribution in [0.1, 0.15) is 127 Å². The fourth-order valence-electron chi connectivity index (χ4n) is 13.3. The van der Waals surface area contributed by atoms with Gasteiger partial charge in [0.05, 0.1) is 23.6 Å². The van der Waals surface area contributed by atoms with Crippen LogP contribution in [-0.2, 0) is 83.0 Å². The third-order valence-corrected chi connectivity index (χ3v) is 21.8. The number of alkyl halides is 3. The van der Waals surface area contributed by atoms with Crippen molar-refractivity contribution in [1.82, 2.24) is 60.0 Å². The Morgan fingerprint density at radius 3 is 1.82 bits per heavy atom. The van der Waals surface area contributed by atoms with Gasteiger partial charge in [-0.1, -0.05) is 113 Å². The first-order valence-electron chi connectivity index (χ1n) is 34.7. The van der Waals surface area contributed by atoms with Crippen molar-refractivity contribution in [2.24, 2.45) is 11.8 Å². The third kappa shape index (κ3) is 19.7. The van der Waals surface area contributed by atoms with Crippen LogP contribution in [0.2, 0.25) is 5.02 Å². The fraction of sp³-hybridized carbons (Fsp3) is 0.589. The Morgan fingerprint density at radius 1 is 0.667 bits per heavy atom. The summed E-state index contributed by atoms with van der Waals surface area (Å²) in [5.74, 6) is -9.79. The van der Waals surface area contributed by atoms with Gasteiger partial charge in [-0.15, -0.1) is 0 Å². The van der Waals surface area contributed by atoms with E-state index in [-0.39, 0.29) is 57.1 Å². The molecule has 0 unspecified atom stereocenters. The molecule has 29 heteroatoms. The van der Waals surface area contributed by atoms with Gasteiger partial charge in [0.15, 0.2) is 0 Å². The molecule has 0 aromatic heterocycles. The van der Waals surface area contributed by atoms with Crippen molar-refractivity contribution in [3.8, 4) is 0 Å². The molecule has 0 bridgehead atoms. The Bertz CT molecular complexity index is 3600. The average molecular weight is 1560 g/mol. The van der Waals surface area contributed by atoms with E-state index in [9.17, 15) is 46.7 Å². The molecule has 1 saturated carbocycles. The van der Waals surface area contributed by atoms with E-state index in [4.69, 9.17) is 11.6 Å². The summed E-state index contributed by atoms with van der Waals surface area (Å²) in [6.45, 7) is 11.3. The highest BCUT2D eigenvalue weighted by Crippen LogP contribution is 2.37. The molecule has 102 heavy (non-hydrogen) atoms. The number of carbonyl (C=O) groups excluding carboxylic acids is 12. The van der Waals surface area contributed by atoms with Crippen LogP contribution < -0.4 is 16.0 Å². The zero-order valence-electron chi connectivity index (χ0n) is 61.4. The quantitative estimate of drug-likeness (QED) is 0.184. The standard InChI is InChI=1S/C73H101ClF3IN12O12/c1-17-43(4)60-69(100)85(12)46(7)64(95)90-35-32-54(90)68(99)87(14)56(38-48-26-24-42(3)25-27-48)67(98)83(10)41-58(91)79-53(31-29-47-28-30-51(52(74)37-47)73(75,76)77)65(96)86(13)55(39-49-22-21-23-50(78)36-49)63(94)81-72(33-19-20-34-72)71(102)89(16)61(44(5)18-2)70(101)88(15)57(66(97)82(8)9)40-59(92)84(11)45(6)62(93)80-60/h21-28,30,36-37,43-46,53-57,60-61H,17-20,29,31-35,38-41H2,1-16H3,(H,79,91)(H,80,93)(H,81,94)/t43-,44-,45-,46+,53-,54-,55-,56-,57-,60-,61-/m0/s1. The lowest BCUT2D eigenvalue weighted by atomic mass is 9.90. The second-order valence-corrected chi connectivity index (χ2v) is 29.7. The van der Waals surface area contributed by atoms with Gasteiger partial charge in [-0.2, -0.15) is 13.2 Å². The highest BCUT2D eigenvalue weighted by atomic mass is 127. The van der Waals surface area contributed by atoms with E-state index in [1.54, 1.807) is 51.1 Å². The third-order valence-electron chi connectivity index (χ3n) is 20.9. The summed E-state index contributed by atoms with van der Waals surface area (Å²) < 4.78 is 42.7. The molecule has 3 fully saturated rings. The molecule has 1 aliphatic carbocycles. The van der Waals surface area contributed by atoms with Crippen LogP contribution in [-0.4, -0.2) is 251 Å².